The van der Waals surface area contributed by atoms with E-state index in [4.69, 9.17) is 28.4 Å². The van der Waals surface area contributed by atoms with Gasteiger partial charge in [0, 0.05) is 33.8 Å². The molecule has 0 radical (unpaired) electrons. The lowest BCUT2D eigenvalue weighted by Crippen LogP contribution is -2.59. The molecule has 1 saturated heterocycles. The van der Waals surface area contributed by atoms with E-state index in [2.05, 4.69) is 4.98 Å². The van der Waals surface area contributed by atoms with Crippen LogP contribution in [0.4, 0.5) is 5.82 Å². The van der Waals surface area contributed by atoms with Crippen molar-refractivity contribution in [3.8, 4) is 11.5 Å². The van der Waals surface area contributed by atoms with Gasteiger partial charge in [-0.3, -0.25) is 19.2 Å². The molecule has 0 spiro atoms. The van der Waals surface area contributed by atoms with Crippen LogP contribution in [0.5, 0.6) is 11.5 Å². The van der Waals surface area contributed by atoms with Crippen LogP contribution in [-0.2, 0) is 42.9 Å². The van der Waals surface area contributed by atoms with Gasteiger partial charge in [-0.25, -0.2) is 0 Å². The highest BCUT2D eigenvalue weighted by Gasteiger charge is 2.52. The Bertz CT molecular complexity index is 1230. The molecule has 0 bridgehead atoms. The lowest BCUT2D eigenvalue weighted by molar-refractivity contribution is -0.389. The molecule has 0 unspecified atom stereocenters. The predicted octanol–water partition coefficient (Wildman–Crippen LogP) is 2.58. The Balaban J connectivity index is 2.00. The molecule has 1 aliphatic rings. The van der Waals surface area contributed by atoms with Crippen LogP contribution in [0, 0.1) is 10.1 Å². The molecular weight excluding hydrogens is 520 g/mol. The van der Waals surface area contributed by atoms with Gasteiger partial charge < -0.3 is 38.5 Å². The summed E-state index contributed by atoms with van der Waals surface area (Å²) in [7, 11) is 0. The number of hydrogen-bond acceptors (Lipinski definition) is 13. The van der Waals surface area contributed by atoms with E-state index in [0.717, 1.165) is 20.8 Å². The van der Waals surface area contributed by atoms with Gasteiger partial charge in [0.25, 0.3) is 0 Å². The SMILES string of the molecule is CC(=O)OC[C@H]1O[C@H](c2cccc(Oc3ccc([N+](=O)[O-])nc3)c2)[C@@H](OC(C)=O)[C@@H](OC(C)=O)[C@@H]1OC(C)=O. The summed E-state index contributed by atoms with van der Waals surface area (Å²) in [6.45, 7) is 4.23. The molecule has 14 nitrogen and oxygen atoms in total. The fraction of sp³-hybridized carbons (Fsp3) is 0.400. The van der Waals surface area contributed by atoms with Gasteiger partial charge in [-0.15, -0.1) is 0 Å². The third kappa shape index (κ3) is 7.95. The Morgan fingerprint density at radius 3 is 2.08 bits per heavy atom. The molecule has 1 aromatic heterocycles. The van der Waals surface area contributed by atoms with E-state index < -0.39 is 59.3 Å². The van der Waals surface area contributed by atoms with Gasteiger partial charge in [-0.1, -0.05) is 12.1 Å². The number of nitrogens with zero attached hydrogens (tertiary/aromatic N) is 2. The lowest BCUT2D eigenvalue weighted by Gasteiger charge is -2.44. The first-order valence-corrected chi connectivity index (χ1v) is 11.6. The van der Waals surface area contributed by atoms with Crippen LogP contribution in [0.15, 0.2) is 42.6 Å². The minimum absolute atomic E-state index is 0.208. The number of benzene rings is 1. The number of esters is 4. The molecule has 1 fully saturated rings. The Kier molecular flexibility index (Phi) is 9.49. The Morgan fingerprint density at radius 2 is 1.51 bits per heavy atom. The van der Waals surface area contributed by atoms with E-state index >= 15 is 0 Å². The van der Waals surface area contributed by atoms with Crippen molar-refractivity contribution in [3.05, 3.63) is 58.3 Å². The Labute approximate surface area is 222 Å². The zero-order chi connectivity index (χ0) is 28.7. The summed E-state index contributed by atoms with van der Waals surface area (Å²) in [6.07, 6.45) is -4.90. The van der Waals surface area contributed by atoms with Gasteiger partial charge in [0.05, 0.1) is 0 Å². The second-order valence-electron chi connectivity index (χ2n) is 8.40. The van der Waals surface area contributed by atoms with Gasteiger partial charge in [-0.2, -0.15) is 0 Å². The molecule has 2 aromatic rings. The summed E-state index contributed by atoms with van der Waals surface area (Å²) >= 11 is 0. The molecule has 5 atom stereocenters. The first-order valence-electron chi connectivity index (χ1n) is 11.6. The maximum absolute atomic E-state index is 12.1. The van der Waals surface area contributed by atoms with Crippen LogP contribution in [-0.4, -0.2) is 64.8 Å². The van der Waals surface area contributed by atoms with E-state index in [1.165, 1.54) is 25.3 Å². The Morgan fingerprint density at radius 1 is 0.872 bits per heavy atom. The highest BCUT2D eigenvalue weighted by molar-refractivity contribution is 5.69. The molecule has 0 saturated carbocycles. The lowest BCUT2D eigenvalue weighted by atomic mass is 9.90. The normalized spacial score (nSPS) is 22.2. The zero-order valence-electron chi connectivity index (χ0n) is 21.4. The van der Waals surface area contributed by atoms with Gasteiger partial charge in [0.2, 0.25) is 0 Å². The minimum atomic E-state index is -1.32. The maximum Gasteiger partial charge on any atom is 0.363 e. The molecule has 1 aliphatic heterocycles. The fourth-order valence-electron chi connectivity index (χ4n) is 3.93. The molecule has 14 heteroatoms. The number of carbonyl (C=O) groups excluding carboxylic acids is 4. The Hall–Kier alpha value is -4.59. The number of ether oxygens (including phenoxy) is 6. The first kappa shape index (κ1) is 29.0. The van der Waals surface area contributed by atoms with Gasteiger partial charge in [-0.05, 0) is 33.7 Å². The molecule has 0 aliphatic carbocycles. The van der Waals surface area contributed by atoms with Crippen LogP contribution >= 0.6 is 0 Å². The predicted molar refractivity (Wildman–Crippen MR) is 128 cm³/mol. The van der Waals surface area contributed by atoms with Crippen LogP contribution in [0.2, 0.25) is 0 Å². The van der Waals surface area contributed by atoms with Gasteiger partial charge in [0.1, 0.15) is 24.6 Å². The molecule has 39 heavy (non-hydrogen) atoms. The molecule has 208 valence electrons. The van der Waals surface area contributed by atoms with E-state index in [-0.39, 0.29) is 23.9 Å². The number of nitro groups is 1. The van der Waals surface area contributed by atoms with Crippen LogP contribution in [0.3, 0.4) is 0 Å². The fourth-order valence-corrected chi connectivity index (χ4v) is 3.93. The number of rotatable bonds is 9. The second kappa shape index (κ2) is 12.8. The third-order valence-electron chi connectivity index (χ3n) is 5.32. The van der Waals surface area contributed by atoms with Crippen molar-refractivity contribution < 1.29 is 52.5 Å². The summed E-state index contributed by atoms with van der Waals surface area (Å²) in [5.41, 5.74) is 0.403. The molecule has 1 aromatic carbocycles. The third-order valence-corrected chi connectivity index (χ3v) is 5.32. The number of pyridine rings is 1. The maximum atomic E-state index is 12.1. The monoisotopic (exact) mass is 546 g/mol. The largest absolute Gasteiger partial charge is 0.463 e. The summed E-state index contributed by atoms with van der Waals surface area (Å²) < 4.78 is 33.3. The van der Waals surface area contributed by atoms with Crippen molar-refractivity contribution >= 4 is 29.7 Å². The van der Waals surface area contributed by atoms with Crippen LogP contribution in [0.1, 0.15) is 39.4 Å². The number of hydrogen-bond donors (Lipinski definition) is 0. The van der Waals surface area contributed by atoms with Crippen molar-refractivity contribution in [3.63, 3.8) is 0 Å². The van der Waals surface area contributed by atoms with E-state index in [0.29, 0.717) is 5.56 Å². The van der Waals surface area contributed by atoms with Crippen molar-refractivity contribution in [2.75, 3.05) is 6.61 Å². The molecular formula is C25H26N2O12. The topological polar surface area (TPSA) is 180 Å². The van der Waals surface area contributed by atoms with Crippen molar-refractivity contribution in [1.82, 2.24) is 4.98 Å². The van der Waals surface area contributed by atoms with Gasteiger partial charge >= 0.3 is 29.7 Å². The summed E-state index contributed by atoms with van der Waals surface area (Å²) in [5, 5.41) is 10.8. The van der Waals surface area contributed by atoms with E-state index in [1.807, 2.05) is 0 Å². The molecule has 3 rings (SSSR count). The number of aromatic nitrogens is 1. The molecule has 0 amide bonds. The zero-order valence-corrected chi connectivity index (χ0v) is 21.4. The van der Waals surface area contributed by atoms with Crippen LogP contribution < -0.4 is 4.74 Å². The highest BCUT2D eigenvalue weighted by Crippen LogP contribution is 2.39. The quantitative estimate of drug-likeness (QED) is 0.194. The summed E-state index contributed by atoms with van der Waals surface area (Å²) in [4.78, 5) is 61.4. The average molecular weight is 546 g/mol. The minimum Gasteiger partial charge on any atom is -0.463 e. The summed E-state index contributed by atoms with van der Waals surface area (Å²) in [5.74, 6) is -2.71. The first-order chi connectivity index (χ1) is 18.4. The standard InChI is InChI=1S/C25H26N2O12/c1-13(28)34-12-20-23(35-14(2)29)25(37-16(4)31)24(36-15(3)30)22(39-20)17-6-5-7-18(10-17)38-19-8-9-21(26-11-19)27(32)33/h5-11,20,22-25H,12H2,1-4H3/t20-,22-,23-,24-,25+/m1/s1. The van der Waals surface area contributed by atoms with Crippen molar-refractivity contribution in [2.45, 2.75) is 58.2 Å². The van der Waals surface area contributed by atoms with Crippen molar-refractivity contribution in [1.29, 1.82) is 0 Å². The van der Waals surface area contributed by atoms with Gasteiger partial charge in [0.15, 0.2) is 30.3 Å². The molecule has 2 heterocycles. The average Bonchev–Trinajstić information content (AvgIpc) is 2.85. The second-order valence-corrected chi connectivity index (χ2v) is 8.40. The van der Waals surface area contributed by atoms with E-state index in [9.17, 15) is 29.3 Å². The highest BCUT2D eigenvalue weighted by atomic mass is 16.7. The van der Waals surface area contributed by atoms with E-state index in [1.54, 1.807) is 24.3 Å². The number of carbonyl (C=O) groups is 4. The summed E-state index contributed by atoms with van der Waals surface area (Å²) in [6, 6.07) is 8.92. The van der Waals surface area contributed by atoms with Crippen LogP contribution in [0.25, 0.3) is 0 Å². The molecule has 0 N–H and O–H groups in total. The smallest absolute Gasteiger partial charge is 0.363 e. The van der Waals surface area contributed by atoms with Crippen molar-refractivity contribution in [2.24, 2.45) is 0 Å².